The molecule has 0 saturated carbocycles. The Labute approximate surface area is 373 Å². The predicted octanol–water partition coefficient (Wildman–Crippen LogP) is 8.08. The Morgan fingerprint density at radius 2 is 1.44 bits per heavy atom. The second-order valence-electron chi connectivity index (χ2n) is 18.8. The number of nitrogens with zero attached hydrogens (tertiary/aromatic N) is 4. The molecule has 4 N–H and O–H groups in total. The molecule has 2 saturated heterocycles. The average molecular weight is 877 g/mol. The molecule has 3 aliphatic rings. The fourth-order valence-electron chi connectivity index (χ4n) is 9.75. The summed E-state index contributed by atoms with van der Waals surface area (Å²) < 4.78 is 22.3. The summed E-state index contributed by atoms with van der Waals surface area (Å²) in [7, 11) is 2.57. The van der Waals surface area contributed by atoms with Gasteiger partial charge in [0.2, 0.25) is 11.8 Å². The Hall–Kier alpha value is -6.16. The van der Waals surface area contributed by atoms with Gasteiger partial charge in [-0.3, -0.25) is 9.59 Å². The number of hydrogen-bond acceptors (Lipinski definition) is 10. The van der Waals surface area contributed by atoms with E-state index in [1.54, 1.807) is 6.92 Å². The molecule has 8 rings (SSSR count). The molecule has 2 fully saturated rings. The van der Waals surface area contributed by atoms with Gasteiger partial charge >= 0.3 is 12.2 Å². The number of methoxy groups -OCH3 is 2. The number of nitrogens with one attached hydrogen (secondary N) is 4. The van der Waals surface area contributed by atoms with Crippen LogP contribution in [0.15, 0.2) is 48.7 Å². The van der Waals surface area contributed by atoms with Crippen molar-refractivity contribution in [3.8, 4) is 28.1 Å². The summed E-state index contributed by atoms with van der Waals surface area (Å²) in [6.45, 7) is 15.7. The number of rotatable bonds is 10. The molecule has 7 atom stereocenters. The maximum Gasteiger partial charge on any atom is 0.407 e. The van der Waals surface area contributed by atoms with Gasteiger partial charge in [0.05, 0.1) is 60.9 Å². The minimum Gasteiger partial charge on any atom is -0.488 e. The first-order chi connectivity index (χ1) is 30.5. The van der Waals surface area contributed by atoms with Gasteiger partial charge in [-0.1, -0.05) is 32.0 Å². The zero-order valence-electron chi connectivity index (χ0n) is 38.3. The van der Waals surface area contributed by atoms with Crippen molar-refractivity contribution in [1.82, 2.24) is 40.4 Å². The van der Waals surface area contributed by atoms with E-state index >= 15 is 0 Å². The Morgan fingerprint density at radius 3 is 2.08 bits per heavy atom. The molecule has 0 bridgehead atoms. The number of carbonyl (C=O) groups is 4. The molecule has 340 valence electrons. The van der Waals surface area contributed by atoms with Crippen molar-refractivity contribution >= 4 is 45.8 Å². The molecule has 16 nitrogen and oxygen atoms in total. The molecular weight excluding hydrogens is 817 g/mol. The third kappa shape index (κ3) is 8.47. The quantitative estimate of drug-likeness (QED) is 0.107. The van der Waals surface area contributed by atoms with Crippen molar-refractivity contribution in [1.29, 1.82) is 0 Å². The minimum atomic E-state index is -0.967. The van der Waals surface area contributed by atoms with Gasteiger partial charge in [0.25, 0.3) is 0 Å². The summed E-state index contributed by atoms with van der Waals surface area (Å²) in [4.78, 5) is 73.4. The molecule has 0 aliphatic carbocycles. The molecule has 5 heterocycles. The number of imidazole rings is 2. The topological polar surface area (TPSA) is 193 Å². The van der Waals surface area contributed by atoms with Gasteiger partial charge in [-0.15, -0.1) is 0 Å². The fourth-order valence-corrected chi connectivity index (χ4v) is 9.75. The average Bonchev–Trinajstić information content (AvgIpc) is 4.08. The number of likely N-dealkylation sites (tertiary alicyclic amines) is 2. The summed E-state index contributed by atoms with van der Waals surface area (Å²) in [5, 5.41) is 7.42. The van der Waals surface area contributed by atoms with E-state index in [-0.39, 0.29) is 41.9 Å². The van der Waals surface area contributed by atoms with Gasteiger partial charge in [-0.25, -0.2) is 19.6 Å². The molecule has 4 amide bonds. The predicted molar refractivity (Wildman–Crippen MR) is 241 cm³/mol. The lowest BCUT2D eigenvalue weighted by molar-refractivity contribution is -0.144. The van der Waals surface area contributed by atoms with Crippen LogP contribution in [0.3, 0.4) is 0 Å². The Kier molecular flexibility index (Phi) is 12.1. The smallest absolute Gasteiger partial charge is 0.407 e. The second kappa shape index (κ2) is 17.4. The van der Waals surface area contributed by atoms with Crippen LogP contribution >= 0.6 is 0 Å². The summed E-state index contributed by atoms with van der Waals surface area (Å²) in [5.41, 5.74) is 5.96. The third-order valence-corrected chi connectivity index (χ3v) is 12.9. The molecule has 5 aromatic rings. The molecule has 0 unspecified atom stereocenters. The lowest BCUT2D eigenvalue weighted by Gasteiger charge is -2.35. The summed E-state index contributed by atoms with van der Waals surface area (Å²) in [6, 6.07) is 12.2. The van der Waals surface area contributed by atoms with E-state index in [0.29, 0.717) is 24.7 Å². The van der Waals surface area contributed by atoms with Crippen molar-refractivity contribution in [2.24, 2.45) is 5.92 Å². The lowest BCUT2D eigenvalue weighted by atomic mass is 9.92. The van der Waals surface area contributed by atoms with Crippen LogP contribution in [0.25, 0.3) is 44.2 Å². The third-order valence-electron chi connectivity index (χ3n) is 12.9. The molecule has 64 heavy (non-hydrogen) atoms. The maximum absolute atomic E-state index is 14.4. The number of hydrogen-bond donors (Lipinski definition) is 4. The first-order valence-corrected chi connectivity index (χ1v) is 22.2. The number of benzene rings is 3. The Bertz CT molecular complexity index is 2600. The van der Waals surface area contributed by atoms with E-state index in [2.05, 4.69) is 57.0 Å². The highest BCUT2D eigenvalue weighted by molar-refractivity contribution is 6.07. The van der Waals surface area contributed by atoms with E-state index in [1.807, 2.05) is 70.5 Å². The summed E-state index contributed by atoms with van der Waals surface area (Å²) in [5.74, 6) is 1.60. The van der Waals surface area contributed by atoms with Gasteiger partial charge in [0, 0.05) is 23.0 Å². The fraction of sp³-hybridized carbons (Fsp3) is 0.500. The molecular formula is C48H60N8O8. The van der Waals surface area contributed by atoms with E-state index in [9.17, 15) is 19.2 Å². The molecule has 0 radical (unpaired) electrons. The van der Waals surface area contributed by atoms with E-state index in [1.165, 1.54) is 14.2 Å². The van der Waals surface area contributed by atoms with Crippen LogP contribution in [-0.4, -0.2) is 104 Å². The van der Waals surface area contributed by atoms with Crippen molar-refractivity contribution in [3.63, 3.8) is 0 Å². The molecule has 0 spiro atoms. The van der Waals surface area contributed by atoms with Crippen LogP contribution in [0, 0.1) is 5.92 Å². The van der Waals surface area contributed by atoms with Crippen LogP contribution in [0.1, 0.15) is 110 Å². The standard InChI is InChI=1S/C48H60N8O8/c1-24(2)39(53-46(59)61-9)44(57)55-25(3)11-17-36(55)42-49-22-35(51-42)29-13-15-31-30(19-29)23-63-38-21-32-28(20-33(31)38)14-16-34-41(32)52-43(50-34)37-18-12-26(4)56(37)45(58)40(54-47(60)62-10)27(5)64-48(6,7)8/h13-16,19-22,24-27,36-37,39-40H,11-12,17-18,23H2,1-10H3,(H,49,51)(H,50,52)(H,53,59)(H,54,60)/t25-,26-,27+,36-,37-,39-,40-/m0/s1. The molecule has 3 aromatic carbocycles. The van der Waals surface area contributed by atoms with Crippen LogP contribution in [0.4, 0.5) is 9.59 Å². The minimum absolute atomic E-state index is 0.0214. The van der Waals surface area contributed by atoms with Crippen molar-refractivity contribution in [3.05, 3.63) is 65.9 Å². The van der Waals surface area contributed by atoms with E-state index in [0.717, 1.165) is 74.8 Å². The highest BCUT2D eigenvalue weighted by Gasteiger charge is 2.44. The first kappa shape index (κ1) is 44.4. The number of alkyl carbamates (subject to hydrolysis) is 2. The van der Waals surface area contributed by atoms with Gasteiger partial charge < -0.3 is 49.3 Å². The van der Waals surface area contributed by atoms with Crippen molar-refractivity contribution in [2.45, 2.75) is 136 Å². The van der Waals surface area contributed by atoms with Crippen molar-refractivity contribution < 1.29 is 38.1 Å². The van der Waals surface area contributed by atoms with E-state index in [4.69, 9.17) is 28.9 Å². The largest absolute Gasteiger partial charge is 0.488 e. The molecule has 3 aliphatic heterocycles. The second-order valence-corrected chi connectivity index (χ2v) is 18.8. The number of fused-ring (bicyclic) bond motifs is 6. The number of H-pyrrole nitrogens is 2. The number of aromatic amines is 2. The highest BCUT2D eigenvalue weighted by atomic mass is 16.5. The summed E-state index contributed by atoms with van der Waals surface area (Å²) >= 11 is 0. The SMILES string of the molecule is COC(=O)N[C@H](C(=O)N1[C@@H](C)CC[C@H]1c1ncc(-c2ccc3c(c2)COc2cc4c(ccc5nc([C@@H]6CC[C@H](C)N6C(=O)[C@@H](NC(=O)OC)[C@@H](C)OC(C)(C)C)[nH]c54)cc2-3)[nH]1)C(C)C. The number of carbonyl (C=O) groups excluding carboxylic acids is 4. The van der Waals surface area contributed by atoms with Crippen LogP contribution < -0.4 is 15.4 Å². The maximum atomic E-state index is 14.4. The Morgan fingerprint density at radius 1 is 0.797 bits per heavy atom. The Balaban J connectivity index is 1.04. The van der Waals surface area contributed by atoms with Crippen molar-refractivity contribution in [2.75, 3.05) is 14.2 Å². The van der Waals surface area contributed by atoms with Gasteiger partial charge in [0.1, 0.15) is 36.1 Å². The van der Waals surface area contributed by atoms with E-state index < -0.39 is 36.0 Å². The molecule has 16 heteroatoms. The van der Waals surface area contributed by atoms with Crippen LogP contribution in [0.2, 0.25) is 0 Å². The first-order valence-electron chi connectivity index (χ1n) is 22.2. The summed E-state index contributed by atoms with van der Waals surface area (Å²) in [6.07, 6.45) is 2.89. The zero-order valence-corrected chi connectivity index (χ0v) is 38.3. The normalized spacial score (nSPS) is 21.0. The number of amides is 4. The van der Waals surface area contributed by atoms with Gasteiger partial charge in [-0.2, -0.15) is 0 Å². The van der Waals surface area contributed by atoms with Gasteiger partial charge in [0.15, 0.2) is 0 Å². The zero-order chi connectivity index (χ0) is 45.8. The highest BCUT2D eigenvalue weighted by Crippen LogP contribution is 2.44. The number of aromatic nitrogens is 4. The monoisotopic (exact) mass is 876 g/mol. The number of ether oxygens (including phenoxy) is 4. The van der Waals surface area contributed by atoms with Crippen LogP contribution in [-0.2, 0) is 30.4 Å². The van der Waals surface area contributed by atoms with Gasteiger partial charge in [-0.05, 0) is 119 Å². The van der Waals surface area contributed by atoms with Crippen LogP contribution in [0.5, 0.6) is 5.75 Å². The molecule has 2 aromatic heterocycles. The lowest BCUT2D eigenvalue weighted by Crippen LogP contribution is -2.56.